The van der Waals surface area contributed by atoms with Crippen LogP contribution in [0.3, 0.4) is 0 Å². The number of sulfonamides is 1. The van der Waals surface area contributed by atoms with Gasteiger partial charge in [0.05, 0.1) is 5.25 Å². The molecule has 0 radical (unpaired) electrons. The molecule has 24 heavy (non-hydrogen) atoms. The fraction of sp³-hybridized carbons (Fsp3) is 0.750. The van der Waals surface area contributed by atoms with Crippen LogP contribution in [0.4, 0.5) is 0 Å². The molecule has 4 aliphatic rings. The first kappa shape index (κ1) is 14.9. The Balaban J connectivity index is 1.22. The molecule has 4 fully saturated rings. The predicted molar refractivity (Wildman–Crippen MR) is 84.9 cm³/mol. The van der Waals surface area contributed by atoms with E-state index in [1.165, 1.54) is 0 Å². The van der Waals surface area contributed by atoms with Crippen LogP contribution in [0, 0.1) is 5.41 Å². The highest BCUT2D eigenvalue weighted by molar-refractivity contribution is 7.90. The molecular formula is C16H21N3O4S. The molecule has 130 valence electrons. The van der Waals surface area contributed by atoms with Gasteiger partial charge in [0.15, 0.2) is 5.69 Å². The molecule has 1 aromatic rings. The first-order valence-electron chi connectivity index (χ1n) is 8.72. The molecule has 0 N–H and O–H groups in total. The lowest BCUT2D eigenvalue weighted by atomic mass is 9.79. The van der Waals surface area contributed by atoms with Gasteiger partial charge in [-0.25, -0.2) is 12.7 Å². The smallest absolute Gasteiger partial charge is 0.276 e. The zero-order valence-electron chi connectivity index (χ0n) is 13.5. The fourth-order valence-corrected chi connectivity index (χ4v) is 5.92. The molecule has 2 saturated carbocycles. The Hall–Kier alpha value is -1.41. The van der Waals surface area contributed by atoms with E-state index < -0.39 is 10.0 Å². The second-order valence-corrected chi connectivity index (χ2v) is 10.1. The van der Waals surface area contributed by atoms with Crippen molar-refractivity contribution in [3.8, 4) is 0 Å². The molecule has 1 aromatic heterocycles. The van der Waals surface area contributed by atoms with Crippen LogP contribution in [-0.4, -0.2) is 60.1 Å². The zero-order chi connectivity index (χ0) is 16.5. The van der Waals surface area contributed by atoms with E-state index in [0.29, 0.717) is 37.8 Å². The van der Waals surface area contributed by atoms with Crippen LogP contribution < -0.4 is 0 Å². The summed E-state index contributed by atoms with van der Waals surface area (Å²) in [6, 6.07) is 1.77. The maximum Gasteiger partial charge on any atom is 0.276 e. The number of nitrogens with zero attached hydrogens (tertiary/aromatic N) is 3. The second kappa shape index (κ2) is 4.82. The van der Waals surface area contributed by atoms with Crippen molar-refractivity contribution in [2.75, 3.05) is 26.2 Å². The van der Waals surface area contributed by atoms with Gasteiger partial charge in [-0.3, -0.25) is 4.79 Å². The number of hydrogen-bond donors (Lipinski definition) is 0. The van der Waals surface area contributed by atoms with Crippen molar-refractivity contribution in [3.63, 3.8) is 0 Å². The number of carbonyl (C=O) groups excluding carboxylic acids is 1. The lowest BCUT2D eigenvalue weighted by Gasteiger charge is -2.47. The quantitative estimate of drug-likeness (QED) is 0.814. The first-order chi connectivity index (χ1) is 11.5. The van der Waals surface area contributed by atoms with E-state index in [9.17, 15) is 13.2 Å². The van der Waals surface area contributed by atoms with Crippen LogP contribution in [0.25, 0.3) is 0 Å². The van der Waals surface area contributed by atoms with E-state index >= 15 is 0 Å². The van der Waals surface area contributed by atoms with Gasteiger partial charge < -0.3 is 9.42 Å². The highest BCUT2D eigenvalue weighted by Crippen LogP contribution is 2.44. The number of carbonyl (C=O) groups is 1. The standard InChI is InChI=1S/C16H21N3O4S/c20-15(13-7-14(23-17-13)11-1-2-11)18-8-16(9-18)5-6-19(10-16)24(21,22)12-3-4-12/h7,11-12H,1-6,8-10H2. The van der Waals surface area contributed by atoms with E-state index in [1.807, 2.05) is 0 Å². The minimum atomic E-state index is -3.10. The number of aromatic nitrogens is 1. The minimum Gasteiger partial charge on any atom is -0.360 e. The Morgan fingerprint density at radius 1 is 1.21 bits per heavy atom. The summed E-state index contributed by atoms with van der Waals surface area (Å²) in [6.07, 6.45) is 4.66. The van der Waals surface area contributed by atoms with Crippen molar-refractivity contribution >= 4 is 15.9 Å². The van der Waals surface area contributed by atoms with E-state index in [0.717, 1.165) is 37.9 Å². The third-order valence-corrected chi connectivity index (χ3v) is 8.12. The number of amides is 1. The first-order valence-corrected chi connectivity index (χ1v) is 10.2. The molecule has 3 heterocycles. The van der Waals surface area contributed by atoms with Gasteiger partial charge in [-0.1, -0.05) is 5.16 Å². The maximum absolute atomic E-state index is 12.5. The highest BCUT2D eigenvalue weighted by Gasteiger charge is 2.54. The van der Waals surface area contributed by atoms with Crippen molar-refractivity contribution in [2.45, 2.75) is 43.3 Å². The third kappa shape index (κ3) is 2.30. The van der Waals surface area contributed by atoms with E-state index in [4.69, 9.17) is 4.52 Å². The van der Waals surface area contributed by atoms with Gasteiger partial charge in [0.1, 0.15) is 5.76 Å². The molecule has 0 bridgehead atoms. The Bertz CT molecular complexity index is 788. The van der Waals surface area contributed by atoms with E-state index in [1.54, 1.807) is 15.3 Å². The summed E-state index contributed by atoms with van der Waals surface area (Å²) >= 11 is 0. The van der Waals surface area contributed by atoms with Crippen molar-refractivity contribution in [1.82, 2.24) is 14.4 Å². The van der Waals surface area contributed by atoms with Gasteiger partial charge >= 0.3 is 0 Å². The summed E-state index contributed by atoms with van der Waals surface area (Å²) in [5.41, 5.74) is 0.327. The van der Waals surface area contributed by atoms with Gasteiger partial charge in [-0.05, 0) is 32.1 Å². The summed E-state index contributed by atoms with van der Waals surface area (Å²) in [5, 5.41) is 3.76. The Kier molecular flexibility index (Phi) is 2.99. The van der Waals surface area contributed by atoms with Gasteiger partial charge in [-0.15, -0.1) is 0 Å². The number of likely N-dealkylation sites (tertiary alicyclic amines) is 1. The van der Waals surface area contributed by atoms with Crippen molar-refractivity contribution in [1.29, 1.82) is 0 Å². The van der Waals surface area contributed by atoms with Crippen LogP contribution in [0.15, 0.2) is 10.6 Å². The van der Waals surface area contributed by atoms with Gasteiger partial charge in [0.2, 0.25) is 10.0 Å². The van der Waals surface area contributed by atoms with Crippen LogP contribution in [0.1, 0.15) is 54.3 Å². The highest BCUT2D eigenvalue weighted by atomic mass is 32.2. The zero-order valence-corrected chi connectivity index (χ0v) is 14.3. The van der Waals surface area contributed by atoms with Crippen molar-refractivity contribution in [3.05, 3.63) is 17.5 Å². The Morgan fingerprint density at radius 2 is 1.96 bits per heavy atom. The van der Waals surface area contributed by atoms with Gasteiger partial charge in [0, 0.05) is 43.6 Å². The summed E-state index contributed by atoms with van der Waals surface area (Å²) in [4.78, 5) is 14.3. The Labute approximate surface area is 141 Å². The van der Waals surface area contributed by atoms with Crippen LogP contribution in [0.5, 0.6) is 0 Å². The summed E-state index contributed by atoms with van der Waals surface area (Å²) < 4.78 is 31.6. The predicted octanol–water partition coefficient (Wildman–Crippen LogP) is 1.19. The maximum atomic E-state index is 12.5. The molecule has 5 rings (SSSR count). The largest absolute Gasteiger partial charge is 0.360 e. The Morgan fingerprint density at radius 3 is 2.62 bits per heavy atom. The molecule has 7 nitrogen and oxygen atoms in total. The van der Waals surface area contributed by atoms with Crippen molar-refractivity contribution < 1.29 is 17.7 Å². The van der Waals surface area contributed by atoms with E-state index in [-0.39, 0.29) is 16.6 Å². The minimum absolute atomic E-state index is 0.0549. The number of rotatable bonds is 4. The van der Waals surface area contributed by atoms with Crippen LogP contribution in [0.2, 0.25) is 0 Å². The molecule has 1 amide bonds. The fourth-order valence-electron chi connectivity index (χ4n) is 3.97. The SMILES string of the molecule is O=C(c1cc(C2CC2)on1)N1CC2(CCN(S(=O)(=O)C3CC3)C2)C1. The molecule has 2 saturated heterocycles. The summed E-state index contributed by atoms with van der Waals surface area (Å²) in [6.45, 7) is 2.39. The molecule has 0 atom stereocenters. The van der Waals surface area contributed by atoms with Crippen LogP contribution in [-0.2, 0) is 10.0 Å². The molecular weight excluding hydrogens is 330 g/mol. The summed E-state index contributed by atoms with van der Waals surface area (Å²) in [5.74, 6) is 1.16. The monoisotopic (exact) mass is 351 g/mol. The third-order valence-electron chi connectivity index (χ3n) is 5.78. The molecule has 8 heteroatoms. The molecule has 1 spiro atoms. The number of hydrogen-bond acceptors (Lipinski definition) is 5. The molecule has 0 aromatic carbocycles. The average Bonchev–Trinajstić information content (AvgIpc) is 3.45. The molecule has 2 aliphatic heterocycles. The molecule has 2 aliphatic carbocycles. The lowest BCUT2D eigenvalue weighted by molar-refractivity contribution is 0.0128. The topological polar surface area (TPSA) is 83.7 Å². The lowest BCUT2D eigenvalue weighted by Crippen LogP contribution is -2.59. The van der Waals surface area contributed by atoms with Gasteiger partial charge in [-0.2, -0.15) is 0 Å². The average molecular weight is 351 g/mol. The summed E-state index contributed by atoms with van der Waals surface area (Å²) in [7, 11) is -3.10. The van der Waals surface area contributed by atoms with Gasteiger partial charge in [0.25, 0.3) is 5.91 Å². The van der Waals surface area contributed by atoms with Crippen molar-refractivity contribution in [2.24, 2.45) is 5.41 Å². The second-order valence-electron chi connectivity index (χ2n) is 7.88. The van der Waals surface area contributed by atoms with E-state index in [2.05, 4.69) is 5.16 Å². The van der Waals surface area contributed by atoms with Crippen LogP contribution >= 0.6 is 0 Å². The normalized spacial score (nSPS) is 26.8. The molecule has 0 unspecified atom stereocenters.